The van der Waals surface area contributed by atoms with E-state index in [1.54, 1.807) is 6.33 Å². The highest BCUT2D eigenvalue weighted by atomic mass is 79.9. The summed E-state index contributed by atoms with van der Waals surface area (Å²) in [7, 11) is 0. The average Bonchev–Trinajstić information content (AvgIpc) is 2.81. The lowest BCUT2D eigenvalue weighted by Gasteiger charge is -2.10. The van der Waals surface area contributed by atoms with Crippen LogP contribution in [0.4, 0.5) is 11.5 Å². The van der Waals surface area contributed by atoms with Crippen LogP contribution in [0.5, 0.6) is 0 Å². The van der Waals surface area contributed by atoms with Gasteiger partial charge in [-0.25, -0.2) is 9.97 Å². The molecule has 0 radical (unpaired) electrons. The summed E-state index contributed by atoms with van der Waals surface area (Å²) in [5, 5.41) is 6.61. The number of rotatable bonds is 2. The van der Waals surface area contributed by atoms with Gasteiger partial charge < -0.3 is 10.6 Å². The maximum atomic E-state index is 4.30. The highest BCUT2D eigenvalue weighted by Crippen LogP contribution is 2.27. The molecule has 0 fully saturated rings. The van der Waals surface area contributed by atoms with Gasteiger partial charge in [-0.3, -0.25) is 0 Å². The Morgan fingerprint density at radius 2 is 2.06 bits per heavy atom. The lowest BCUT2D eigenvalue weighted by atomic mass is 10.2. The quantitative estimate of drug-likeness (QED) is 0.893. The van der Waals surface area contributed by atoms with Gasteiger partial charge in [0.15, 0.2) is 0 Å². The Balaban J connectivity index is 1.97. The Morgan fingerprint density at radius 1 is 1.18 bits per heavy atom. The van der Waals surface area contributed by atoms with Gasteiger partial charge in [0, 0.05) is 23.1 Å². The first-order valence-electron chi connectivity index (χ1n) is 5.39. The van der Waals surface area contributed by atoms with Crippen LogP contribution in [0.25, 0.3) is 0 Å². The minimum atomic E-state index is 0.822. The van der Waals surface area contributed by atoms with Crippen molar-refractivity contribution in [3.05, 3.63) is 46.3 Å². The summed E-state index contributed by atoms with van der Waals surface area (Å²) in [5.74, 6) is 0.881. The number of anilines is 2. The molecule has 0 amide bonds. The van der Waals surface area contributed by atoms with E-state index >= 15 is 0 Å². The highest BCUT2D eigenvalue weighted by molar-refractivity contribution is 9.10. The number of para-hydroxylation sites is 1. The number of aromatic nitrogens is 2. The van der Waals surface area contributed by atoms with Crippen LogP contribution in [0.15, 0.2) is 35.1 Å². The second-order valence-corrected chi connectivity index (χ2v) is 4.71. The Labute approximate surface area is 108 Å². The number of fused-ring (bicyclic) bond motifs is 1. The summed E-state index contributed by atoms with van der Waals surface area (Å²) < 4.78 is 1.03. The van der Waals surface area contributed by atoms with Gasteiger partial charge in [0.1, 0.15) is 12.1 Å². The van der Waals surface area contributed by atoms with Crippen molar-refractivity contribution in [1.82, 2.24) is 15.3 Å². The van der Waals surface area contributed by atoms with Crippen molar-refractivity contribution < 1.29 is 0 Å². The maximum Gasteiger partial charge on any atom is 0.138 e. The lowest BCUT2D eigenvalue weighted by molar-refractivity contribution is 0.758. The minimum absolute atomic E-state index is 0.822. The van der Waals surface area contributed by atoms with Gasteiger partial charge in [0.25, 0.3) is 0 Å². The van der Waals surface area contributed by atoms with Crippen molar-refractivity contribution in [2.75, 3.05) is 5.32 Å². The summed E-state index contributed by atoms with van der Waals surface area (Å²) in [6.45, 7) is 1.64. The van der Waals surface area contributed by atoms with E-state index in [-0.39, 0.29) is 0 Å². The van der Waals surface area contributed by atoms with Crippen molar-refractivity contribution in [3.63, 3.8) is 0 Å². The fourth-order valence-electron chi connectivity index (χ4n) is 1.89. The van der Waals surface area contributed by atoms with Crippen LogP contribution in [-0.2, 0) is 13.1 Å². The van der Waals surface area contributed by atoms with Crippen LogP contribution >= 0.6 is 15.9 Å². The van der Waals surface area contributed by atoms with Crippen LogP contribution in [0.2, 0.25) is 0 Å². The van der Waals surface area contributed by atoms with Crippen molar-refractivity contribution in [1.29, 1.82) is 0 Å². The van der Waals surface area contributed by atoms with Crippen LogP contribution < -0.4 is 10.6 Å². The SMILES string of the molecule is Brc1ccccc1Nc1ncnc2c1CNC2. The molecule has 0 saturated heterocycles. The second-order valence-electron chi connectivity index (χ2n) is 3.86. The molecule has 1 aliphatic heterocycles. The van der Waals surface area contributed by atoms with Crippen molar-refractivity contribution in [2.24, 2.45) is 0 Å². The number of nitrogens with zero attached hydrogens (tertiary/aromatic N) is 2. The second kappa shape index (κ2) is 4.43. The first-order valence-corrected chi connectivity index (χ1v) is 6.19. The normalized spacial score (nSPS) is 13.5. The smallest absolute Gasteiger partial charge is 0.138 e. The number of hydrogen-bond donors (Lipinski definition) is 2. The predicted molar refractivity (Wildman–Crippen MR) is 70.0 cm³/mol. The fraction of sp³-hybridized carbons (Fsp3) is 0.167. The third kappa shape index (κ3) is 2.03. The van der Waals surface area contributed by atoms with E-state index in [4.69, 9.17) is 0 Å². The minimum Gasteiger partial charge on any atom is -0.339 e. The van der Waals surface area contributed by atoms with Crippen molar-refractivity contribution in [2.45, 2.75) is 13.1 Å². The van der Waals surface area contributed by atoms with Gasteiger partial charge in [-0.15, -0.1) is 0 Å². The third-order valence-electron chi connectivity index (χ3n) is 2.76. The zero-order valence-corrected chi connectivity index (χ0v) is 10.7. The fourth-order valence-corrected chi connectivity index (χ4v) is 2.27. The number of nitrogens with one attached hydrogen (secondary N) is 2. The number of benzene rings is 1. The Hall–Kier alpha value is -1.46. The molecule has 0 atom stereocenters. The van der Waals surface area contributed by atoms with Gasteiger partial charge in [-0.1, -0.05) is 12.1 Å². The molecule has 2 aromatic rings. The number of hydrogen-bond acceptors (Lipinski definition) is 4. The molecular formula is C12H11BrN4. The van der Waals surface area contributed by atoms with Gasteiger partial charge in [-0.05, 0) is 28.1 Å². The monoisotopic (exact) mass is 290 g/mol. The maximum absolute atomic E-state index is 4.30. The molecule has 0 spiro atoms. The van der Waals surface area contributed by atoms with Gasteiger partial charge >= 0.3 is 0 Å². The molecule has 0 aliphatic carbocycles. The van der Waals surface area contributed by atoms with E-state index in [1.807, 2.05) is 24.3 Å². The first kappa shape index (κ1) is 10.7. The largest absolute Gasteiger partial charge is 0.339 e. The van der Waals surface area contributed by atoms with Gasteiger partial charge in [-0.2, -0.15) is 0 Å². The Bertz CT molecular complexity index is 556. The Kier molecular flexibility index (Phi) is 2.78. The van der Waals surface area contributed by atoms with Gasteiger partial charge in [0.05, 0.1) is 11.4 Å². The van der Waals surface area contributed by atoms with Crippen LogP contribution in [0, 0.1) is 0 Å². The highest BCUT2D eigenvalue weighted by Gasteiger charge is 2.16. The molecule has 3 rings (SSSR count). The molecule has 4 nitrogen and oxygen atoms in total. The van der Waals surface area contributed by atoms with E-state index in [0.29, 0.717) is 0 Å². The molecule has 2 N–H and O–H groups in total. The molecule has 5 heteroatoms. The summed E-state index contributed by atoms with van der Waals surface area (Å²) in [4.78, 5) is 8.56. The Morgan fingerprint density at radius 3 is 2.94 bits per heavy atom. The summed E-state index contributed by atoms with van der Waals surface area (Å²) in [6, 6.07) is 8.00. The van der Waals surface area contributed by atoms with E-state index < -0.39 is 0 Å². The molecule has 1 aromatic heterocycles. The predicted octanol–water partition coefficient (Wildman–Crippen LogP) is 2.59. The van der Waals surface area contributed by atoms with Crippen molar-refractivity contribution in [3.8, 4) is 0 Å². The lowest BCUT2D eigenvalue weighted by Crippen LogP contribution is -2.02. The standard InChI is InChI=1S/C12H11BrN4/c13-9-3-1-2-4-10(9)17-12-8-5-14-6-11(8)15-7-16-12/h1-4,7,14H,5-6H2,(H,15,16,17). The van der Waals surface area contributed by atoms with E-state index in [0.717, 1.165) is 40.3 Å². The molecule has 1 aliphatic rings. The van der Waals surface area contributed by atoms with Gasteiger partial charge in [0.2, 0.25) is 0 Å². The molecule has 2 heterocycles. The topological polar surface area (TPSA) is 49.8 Å². The molecule has 17 heavy (non-hydrogen) atoms. The first-order chi connectivity index (χ1) is 8.34. The zero-order chi connectivity index (χ0) is 11.7. The summed E-state index contributed by atoms with van der Waals surface area (Å²) in [6.07, 6.45) is 1.60. The van der Waals surface area contributed by atoms with Crippen LogP contribution in [-0.4, -0.2) is 9.97 Å². The summed E-state index contributed by atoms with van der Waals surface area (Å²) in [5.41, 5.74) is 3.25. The summed E-state index contributed by atoms with van der Waals surface area (Å²) >= 11 is 3.51. The molecule has 1 aromatic carbocycles. The molecule has 0 saturated carbocycles. The third-order valence-corrected chi connectivity index (χ3v) is 3.45. The zero-order valence-electron chi connectivity index (χ0n) is 9.07. The van der Waals surface area contributed by atoms with Crippen LogP contribution in [0.3, 0.4) is 0 Å². The van der Waals surface area contributed by atoms with Crippen LogP contribution in [0.1, 0.15) is 11.3 Å². The molecular weight excluding hydrogens is 280 g/mol. The van der Waals surface area contributed by atoms with E-state index in [1.165, 1.54) is 0 Å². The van der Waals surface area contributed by atoms with Crippen molar-refractivity contribution >= 4 is 27.4 Å². The molecule has 86 valence electrons. The number of halogens is 1. The van der Waals surface area contributed by atoms with E-state index in [2.05, 4.69) is 36.5 Å². The molecule has 0 unspecified atom stereocenters. The molecule has 0 bridgehead atoms. The average molecular weight is 291 g/mol. The van der Waals surface area contributed by atoms with E-state index in [9.17, 15) is 0 Å².